The van der Waals surface area contributed by atoms with Crippen LogP contribution in [0.4, 0.5) is 0 Å². The zero-order valence-corrected chi connectivity index (χ0v) is 22.5. The van der Waals surface area contributed by atoms with Crippen LogP contribution in [-0.2, 0) is 0 Å². The van der Waals surface area contributed by atoms with Gasteiger partial charge in [0.15, 0.2) is 0 Å². The lowest BCUT2D eigenvalue weighted by molar-refractivity contribution is 0.598. The average Bonchev–Trinajstić information content (AvgIpc) is 3.52. The minimum Gasteiger partial charge on any atom is -0.456 e. The second kappa shape index (κ2) is 9.44. The summed E-state index contributed by atoms with van der Waals surface area (Å²) < 4.78 is 6.47. The molecule has 0 aliphatic carbocycles. The molecule has 2 heterocycles. The van der Waals surface area contributed by atoms with E-state index in [0.717, 1.165) is 22.6 Å². The number of benzene rings is 6. The summed E-state index contributed by atoms with van der Waals surface area (Å²) in [5.74, 6) is 1.77. The molecule has 0 N–H and O–H groups in total. The second-order valence-electron chi connectivity index (χ2n) is 10.1. The lowest BCUT2D eigenvalue weighted by Gasteiger charge is -2.21. The fourth-order valence-corrected chi connectivity index (χ4v) is 6.88. The van der Waals surface area contributed by atoms with Crippen LogP contribution in [-0.4, -0.2) is 0 Å². The highest BCUT2D eigenvalue weighted by molar-refractivity contribution is 7.99. The third-order valence-electron chi connectivity index (χ3n) is 7.77. The highest BCUT2D eigenvalue weighted by atomic mass is 32.2. The van der Waals surface area contributed by atoms with Crippen molar-refractivity contribution in [1.82, 2.24) is 0 Å². The van der Waals surface area contributed by atoms with Gasteiger partial charge in [-0.15, -0.1) is 0 Å². The molecule has 0 bridgehead atoms. The van der Waals surface area contributed by atoms with E-state index in [9.17, 15) is 0 Å². The molecule has 40 heavy (non-hydrogen) atoms. The molecule has 8 rings (SSSR count). The predicted octanol–water partition coefficient (Wildman–Crippen LogP) is 11.2. The smallest absolute Gasteiger partial charge is 0.135 e. The molecule has 0 unspecified atom stereocenters. The zero-order valence-electron chi connectivity index (χ0n) is 21.7. The maximum Gasteiger partial charge on any atom is 0.135 e. The van der Waals surface area contributed by atoms with Gasteiger partial charge in [-0.3, -0.25) is 0 Å². The molecule has 1 aliphatic rings. The van der Waals surface area contributed by atoms with Crippen LogP contribution >= 0.6 is 11.8 Å². The highest BCUT2D eigenvalue weighted by Crippen LogP contribution is 2.49. The van der Waals surface area contributed by atoms with Crippen molar-refractivity contribution in [2.24, 2.45) is 0 Å². The minimum atomic E-state index is 0.876. The molecule has 1 aromatic heterocycles. The van der Waals surface area contributed by atoms with E-state index in [0.29, 0.717) is 0 Å². The van der Waals surface area contributed by atoms with E-state index < -0.39 is 0 Å². The maximum atomic E-state index is 6.47. The number of fused-ring (bicyclic) bond motifs is 2. The van der Waals surface area contributed by atoms with Gasteiger partial charge in [0, 0.05) is 26.3 Å². The first-order valence-electron chi connectivity index (χ1n) is 13.5. The largest absolute Gasteiger partial charge is 0.456 e. The fourth-order valence-electron chi connectivity index (χ4n) is 5.75. The summed E-state index contributed by atoms with van der Waals surface area (Å²) in [5.41, 5.74) is 9.65. The molecule has 0 radical (unpaired) electrons. The predicted molar refractivity (Wildman–Crippen MR) is 168 cm³/mol. The van der Waals surface area contributed by atoms with Gasteiger partial charge in [0.2, 0.25) is 0 Å². The van der Waals surface area contributed by atoms with Crippen molar-refractivity contribution in [3.63, 3.8) is 0 Å². The molecular weight excluding hydrogens is 504 g/mol. The van der Waals surface area contributed by atoms with Gasteiger partial charge < -0.3 is 4.42 Å². The van der Waals surface area contributed by atoms with E-state index in [1.165, 1.54) is 53.9 Å². The molecule has 7 aromatic rings. The molecule has 188 valence electrons. The van der Waals surface area contributed by atoms with Gasteiger partial charge in [0.05, 0.1) is 0 Å². The Labute approximate surface area is 237 Å². The van der Waals surface area contributed by atoms with Gasteiger partial charge in [-0.25, -0.2) is 0 Å². The standard InChI is InChI=1S/C38H24OS/c1-2-7-25(8-3-1)26-13-15-27(16-14-26)28-17-19-29(20-18-28)34-22-23-35(39-34)30-21-24-37-38-32(30)10-6-11-33(38)31-9-4-5-12-36(31)40-37/h1-24H. The van der Waals surface area contributed by atoms with E-state index in [1.54, 1.807) is 0 Å². The van der Waals surface area contributed by atoms with Crippen molar-refractivity contribution in [3.05, 3.63) is 146 Å². The Morgan fingerprint density at radius 1 is 0.350 bits per heavy atom. The molecule has 0 amide bonds. The first kappa shape index (κ1) is 23.1. The molecule has 6 aromatic carbocycles. The molecule has 0 saturated carbocycles. The molecule has 0 atom stereocenters. The van der Waals surface area contributed by atoms with Crippen LogP contribution in [0, 0.1) is 0 Å². The van der Waals surface area contributed by atoms with Gasteiger partial charge >= 0.3 is 0 Å². The minimum absolute atomic E-state index is 0.876. The van der Waals surface area contributed by atoms with Crippen molar-refractivity contribution >= 4 is 22.5 Å². The van der Waals surface area contributed by atoms with E-state index >= 15 is 0 Å². The van der Waals surface area contributed by atoms with Crippen molar-refractivity contribution in [1.29, 1.82) is 0 Å². The molecule has 0 spiro atoms. The van der Waals surface area contributed by atoms with Gasteiger partial charge in [-0.1, -0.05) is 127 Å². The highest BCUT2D eigenvalue weighted by Gasteiger charge is 2.21. The first-order valence-corrected chi connectivity index (χ1v) is 14.3. The molecule has 0 saturated heterocycles. The monoisotopic (exact) mass is 528 g/mol. The zero-order chi connectivity index (χ0) is 26.5. The summed E-state index contributed by atoms with van der Waals surface area (Å²) in [7, 11) is 0. The quantitative estimate of drug-likeness (QED) is 0.225. The van der Waals surface area contributed by atoms with E-state index in [1.807, 2.05) is 17.8 Å². The Morgan fingerprint density at radius 2 is 0.950 bits per heavy atom. The molecule has 1 nitrogen and oxygen atoms in total. The fraction of sp³-hybridized carbons (Fsp3) is 0. The van der Waals surface area contributed by atoms with E-state index in [4.69, 9.17) is 4.42 Å². The summed E-state index contributed by atoms with van der Waals surface area (Å²) in [6.45, 7) is 0. The Morgan fingerprint density at radius 3 is 1.70 bits per heavy atom. The number of hydrogen-bond donors (Lipinski definition) is 0. The first-order chi connectivity index (χ1) is 19.8. The maximum absolute atomic E-state index is 6.47. The second-order valence-corrected chi connectivity index (χ2v) is 11.2. The van der Waals surface area contributed by atoms with Crippen molar-refractivity contribution in [2.45, 2.75) is 9.79 Å². The van der Waals surface area contributed by atoms with E-state index in [-0.39, 0.29) is 0 Å². The number of rotatable bonds is 4. The van der Waals surface area contributed by atoms with Crippen LogP contribution in [0.15, 0.2) is 160 Å². The van der Waals surface area contributed by atoms with E-state index in [2.05, 4.69) is 140 Å². The Balaban J connectivity index is 1.10. The van der Waals surface area contributed by atoms with Crippen LogP contribution in [0.2, 0.25) is 0 Å². The lowest BCUT2D eigenvalue weighted by Crippen LogP contribution is -1.93. The number of furan rings is 1. The van der Waals surface area contributed by atoms with Crippen molar-refractivity contribution in [2.75, 3.05) is 0 Å². The SMILES string of the molecule is c1ccc(-c2ccc(-c3ccc(-c4ccc(-c5ccc6c7c(cccc57)-c5ccccc5S6)o4)cc3)cc2)cc1. The Bertz CT molecular complexity index is 2000. The summed E-state index contributed by atoms with van der Waals surface area (Å²) in [4.78, 5) is 2.61. The van der Waals surface area contributed by atoms with Crippen molar-refractivity contribution < 1.29 is 4.42 Å². The lowest BCUT2D eigenvalue weighted by atomic mass is 9.94. The third-order valence-corrected chi connectivity index (χ3v) is 8.90. The topological polar surface area (TPSA) is 13.1 Å². The average molecular weight is 529 g/mol. The van der Waals surface area contributed by atoms with Crippen LogP contribution in [0.25, 0.3) is 66.8 Å². The van der Waals surface area contributed by atoms with Gasteiger partial charge in [-0.2, -0.15) is 0 Å². The normalized spacial score (nSPS) is 11.9. The van der Waals surface area contributed by atoms with Gasteiger partial charge in [-0.05, 0) is 69.1 Å². The summed E-state index contributed by atoms with van der Waals surface area (Å²) >= 11 is 1.85. The summed E-state index contributed by atoms with van der Waals surface area (Å²) in [5, 5.41) is 2.54. The Hall–Kier alpha value is -4.79. The summed E-state index contributed by atoms with van der Waals surface area (Å²) in [6, 6.07) is 51.8. The molecule has 1 aliphatic heterocycles. The summed E-state index contributed by atoms with van der Waals surface area (Å²) in [6.07, 6.45) is 0. The van der Waals surface area contributed by atoms with Crippen LogP contribution in [0.3, 0.4) is 0 Å². The molecule has 2 heteroatoms. The van der Waals surface area contributed by atoms with Crippen LogP contribution in [0.5, 0.6) is 0 Å². The Kier molecular flexibility index (Phi) is 5.46. The van der Waals surface area contributed by atoms with Crippen LogP contribution < -0.4 is 0 Å². The van der Waals surface area contributed by atoms with Gasteiger partial charge in [0.1, 0.15) is 11.5 Å². The van der Waals surface area contributed by atoms with Gasteiger partial charge in [0.25, 0.3) is 0 Å². The molecule has 0 fully saturated rings. The third kappa shape index (κ3) is 3.88. The van der Waals surface area contributed by atoms with Crippen LogP contribution in [0.1, 0.15) is 0 Å². The number of hydrogen-bond acceptors (Lipinski definition) is 2. The van der Waals surface area contributed by atoms with Crippen molar-refractivity contribution in [3.8, 4) is 56.0 Å². The molecular formula is C38H24OS.